The summed E-state index contributed by atoms with van der Waals surface area (Å²) in [6.07, 6.45) is 0.201. The van der Waals surface area contributed by atoms with Crippen LogP contribution in [0.5, 0.6) is 0 Å². The molecular weight excluding hydrogens is 296 g/mol. The lowest BCUT2D eigenvalue weighted by Gasteiger charge is -2.16. The molecule has 1 aromatic rings. The number of carbonyl (C=O) groups excluding carboxylic acids is 2. The second-order valence-electron chi connectivity index (χ2n) is 4.70. The summed E-state index contributed by atoms with van der Waals surface area (Å²) < 4.78 is 0. The molecule has 0 unspecified atom stereocenters. The Bertz CT molecular complexity index is 513. The van der Waals surface area contributed by atoms with Gasteiger partial charge in [0.05, 0.1) is 25.2 Å². The van der Waals surface area contributed by atoms with Crippen LogP contribution in [0.15, 0.2) is 5.38 Å². The number of likely N-dealkylation sites (N-methyl/N-ethyl adjacent to an activating group) is 1. The van der Waals surface area contributed by atoms with Crippen molar-refractivity contribution in [1.29, 1.82) is 0 Å². The lowest BCUT2D eigenvalue weighted by Crippen LogP contribution is -2.37. The lowest BCUT2D eigenvalue weighted by molar-refractivity contribution is -0.138. The monoisotopic (exact) mass is 314 g/mol. The zero-order valence-corrected chi connectivity index (χ0v) is 12.7. The molecule has 2 amide bonds. The second kappa shape index (κ2) is 7.70. The van der Waals surface area contributed by atoms with E-state index in [9.17, 15) is 14.4 Å². The molecule has 0 radical (unpaired) electrons. The number of hydrogen-bond donors (Lipinski definition) is 2. The van der Waals surface area contributed by atoms with Crippen molar-refractivity contribution in [3.63, 3.8) is 0 Å². The largest absolute Gasteiger partial charge is 0.480 e. The summed E-state index contributed by atoms with van der Waals surface area (Å²) in [5.74, 6) is -1.71. The van der Waals surface area contributed by atoms with E-state index in [4.69, 9.17) is 10.8 Å². The number of carboxylic acid groups (broad SMARTS) is 1. The molecule has 1 rings (SSSR count). The Kier molecular flexibility index (Phi) is 6.25. The molecule has 0 aliphatic carbocycles. The standard InChI is InChI=1S/C12H18N4O4S/c1-15(2)11(18)3-10-14-8(7-21-10)4-16(5-9(13)17)6-12(19)20/h7H,3-6H2,1-2H3,(H2,13,17)(H,19,20). The van der Waals surface area contributed by atoms with Gasteiger partial charge in [-0.25, -0.2) is 4.98 Å². The Morgan fingerprint density at radius 1 is 1.33 bits per heavy atom. The fourth-order valence-corrected chi connectivity index (χ4v) is 2.37. The number of aromatic nitrogens is 1. The second-order valence-corrected chi connectivity index (χ2v) is 5.65. The van der Waals surface area contributed by atoms with Crippen LogP contribution in [0.4, 0.5) is 0 Å². The number of aliphatic carboxylic acids is 1. The molecule has 0 bridgehead atoms. The third-order valence-corrected chi connectivity index (χ3v) is 3.42. The highest BCUT2D eigenvalue weighted by molar-refractivity contribution is 7.09. The van der Waals surface area contributed by atoms with Crippen LogP contribution < -0.4 is 5.73 Å². The van der Waals surface area contributed by atoms with Gasteiger partial charge in [0, 0.05) is 26.0 Å². The van der Waals surface area contributed by atoms with Crippen LogP contribution in [0.3, 0.4) is 0 Å². The highest BCUT2D eigenvalue weighted by Gasteiger charge is 2.15. The summed E-state index contributed by atoms with van der Waals surface area (Å²) in [6.45, 7) is -0.260. The molecule has 21 heavy (non-hydrogen) atoms. The number of carbonyl (C=O) groups is 3. The van der Waals surface area contributed by atoms with Crippen LogP contribution in [0.1, 0.15) is 10.7 Å². The Hall–Kier alpha value is -2.00. The van der Waals surface area contributed by atoms with E-state index < -0.39 is 11.9 Å². The molecule has 0 aliphatic heterocycles. The number of nitrogens with two attached hydrogens (primary N) is 1. The van der Waals surface area contributed by atoms with E-state index in [1.165, 1.54) is 21.1 Å². The predicted molar refractivity (Wildman–Crippen MR) is 76.6 cm³/mol. The van der Waals surface area contributed by atoms with E-state index in [1.54, 1.807) is 19.5 Å². The highest BCUT2D eigenvalue weighted by atomic mass is 32.1. The molecule has 0 saturated carbocycles. The topological polar surface area (TPSA) is 117 Å². The van der Waals surface area contributed by atoms with Gasteiger partial charge in [-0.15, -0.1) is 11.3 Å². The van der Waals surface area contributed by atoms with Crippen LogP contribution in [0.2, 0.25) is 0 Å². The lowest BCUT2D eigenvalue weighted by atomic mass is 10.3. The number of hydrogen-bond acceptors (Lipinski definition) is 6. The number of thiazole rings is 1. The Morgan fingerprint density at radius 2 is 2.00 bits per heavy atom. The highest BCUT2D eigenvalue weighted by Crippen LogP contribution is 2.13. The van der Waals surface area contributed by atoms with Crippen molar-refractivity contribution in [2.24, 2.45) is 5.73 Å². The van der Waals surface area contributed by atoms with Crippen molar-refractivity contribution in [2.75, 3.05) is 27.2 Å². The molecule has 3 N–H and O–H groups in total. The van der Waals surface area contributed by atoms with Gasteiger partial charge in [0.15, 0.2) is 0 Å². The van der Waals surface area contributed by atoms with Gasteiger partial charge in [-0.2, -0.15) is 0 Å². The quantitative estimate of drug-likeness (QED) is 0.645. The van der Waals surface area contributed by atoms with Gasteiger partial charge in [0.1, 0.15) is 5.01 Å². The zero-order chi connectivity index (χ0) is 16.0. The minimum atomic E-state index is -1.05. The van der Waals surface area contributed by atoms with Crippen molar-refractivity contribution in [3.8, 4) is 0 Å². The fourth-order valence-electron chi connectivity index (χ4n) is 1.60. The molecule has 1 aromatic heterocycles. The van der Waals surface area contributed by atoms with Gasteiger partial charge in [-0.1, -0.05) is 0 Å². The molecule has 0 aromatic carbocycles. The summed E-state index contributed by atoms with van der Waals surface area (Å²) >= 11 is 1.33. The first-order valence-corrected chi connectivity index (χ1v) is 7.01. The van der Waals surface area contributed by atoms with Gasteiger partial charge in [0.25, 0.3) is 0 Å². The van der Waals surface area contributed by atoms with Crippen LogP contribution in [0, 0.1) is 0 Å². The maximum absolute atomic E-state index is 11.6. The number of nitrogens with zero attached hydrogens (tertiary/aromatic N) is 3. The maximum Gasteiger partial charge on any atom is 0.317 e. The van der Waals surface area contributed by atoms with Crippen LogP contribution in [-0.4, -0.2) is 64.9 Å². The van der Waals surface area contributed by atoms with Crippen LogP contribution in [0.25, 0.3) is 0 Å². The van der Waals surface area contributed by atoms with Gasteiger partial charge in [-0.3, -0.25) is 19.3 Å². The fraction of sp³-hybridized carbons (Fsp3) is 0.500. The predicted octanol–water partition coefficient (Wildman–Crippen LogP) is -0.854. The molecule has 116 valence electrons. The molecule has 0 fully saturated rings. The molecule has 0 aliphatic rings. The minimum Gasteiger partial charge on any atom is -0.480 e. The van der Waals surface area contributed by atoms with Gasteiger partial charge >= 0.3 is 5.97 Å². The van der Waals surface area contributed by atoms with Crippen molar-refractivity contribution >= 4 is 29.1 Å². The SMILES string of the molecule is CN(C)C(=O)Cc1nc(CN(CC(N)=O)CC(=O)O)cs1. The van der Waals surface area contributed by atoms with Crippen molar-refractivity contribution < 1.29 is 19.5 Å². The molecule has 0 spiro atoms. The van der Waals surface area contributed by atoms with E-state index in [2.05, 4.69) is 4.98 Å². The Labute approximate surface area is 126 Å². The van der Waals surface area contributed by atoms with Gasteiger partial charge < -0.3 is 15.7 Å². The Morgan fingerprint density at radius 3 is 2.52 bits per heavy atom. The number of rotatable bonds is 8. The average Bonchev–Trinajstić information content (AvgIpc) is 2.74. The summed E-state index contributed by atoms with van der Waals surface area (Å²) in [5.41, 5.74) is 5.70. The third-order valence-electron chi connectivity index (χ3n) is 2.52. The molecular formula is C12H18N4O4S. The first kappa shape index (κ1) is 17.1. The van der Waals surface area contributed by atoms with E-state index in [0.29, 0.717) is 10.7 Å². The smallest absolute Gasteiger partial charge is 0.317 e. The van der Waals surface area contributed by atoms with Crippen LogP contribution in [-0.2, 0) is 27.3 Å². The molecule has 0 atom stereocenters. The van der Waals surface area contributed by atoms with Crippen molar-refractivity contribution in [1.82, 2.24) is 14.8 Å². The van der Waals surface area contributed by atoms with E-state index >= 15 is 0 Å². The Balaban J connectivity index is 2.67. The summed E-state index contributed by atoms with van der Waals surface area (Å²) in [4.78, 5) is 40.4. The van der Waals surface area contributed by atoms with Crippen molar-refractivity contribution in [3.05, 3.63) is 16.1 Å². The molecule has 0 saturated heterocycles. The normalized spacial score (nSPS) is 10.6. The van der Waals surface area contributed by atoms with E-state index in [0.717, 1.165) is 0 Å². The maximum atomic E-state index is 11.6. The first-order valence-electron chi connectivity index (χ1n) is 6.13. The number of carboxylic acids is 1. The zero-order valence-electron chi connectivity index (χ0n) is 11.9. The van der Waals surface area contributed by atoms with Gasteiger partial charge in [0.2, 0.25) is 11.8 Å². The third kappa shape index (κ3) is 6.32. The molecule has 8 nitrogen and oxygen atoms in total. The molecule has 1 heterocycles. The van der Waals surface area contributed by atoms with E-state index in [-0.39, 0.29) is 32.0 Å². The van der Waals surface area contributed by atoms with Gasteiger partial charge in [-0.05, 0) is 0 Å². The summed E-state index contributed by atoms with van der Waals surface area (Å²) in [7, 11) is 3.33. The molecule has 9 heteroatoms. The minimum absolute atomic E-state index is 0.0598. The summed E-state index contributed by atoms with van der Waals surface area (Å²) in [5, 5.41) is 11.2. The van der Waals surface area contributed by atoms with E-state index in [1.807, 2.05) is 0 Å². The first-order chi connectivity index (χ1) is 9.77. The number of primary amides is 1. The van der Waals surface area contributed by atoms with Crippen LogP contribution >= 0.6 is 11.3 Å². The van der Waals surface area contributed by atoms with Crippen molar-refractivity contribution in [2.45, 2.75) is 13.0 Å². The summed E-state index contributed by atoms with van der Waals surface area (Å²) in [6, 6.07) is 0. The number of amides is 2. The average molecular weight is 314 g/mol.